The van der Waals surface area contributed by atoms with Crippen molar-refractivity contribution in [2.24, 2.45) is 0 Å². The third-order valence-corrected chi connectivity index (χ3v) is 2.92. The molecule has 0 unspecified atom stereocenters. The minimum Gasteiger partial charge on any atom is -0.490 e. The van der Waals surface area contributed by atoms with E-state index in [1.807, 2.05) is 24.3 Å². The van der Waals surface area contributed by atoms with Crippen LogP contribution in [0, 0.1) is 0 Å². The first kappa shape index (κ1) is 11.0. The van der Waals surface area contributed by atoms with Crippen LogP contribution in [-0.2, 0) is 10.2 Å². The molecule has 3 heteroatoms. The first-order valence-corrected chi connectivity index (χ1v) is 5.51. The lowest BCUT2D eigenvalue weighted by Crippen LogP contribution is -2.28. The topological polar surface area (TPSA) is 46.5 Å². The van der Waals surface area contributed by atoms with Gasteiger partial charge in [-0.2, -0.15) is 0 Å². The van der Waals surface area contributed by atoms with Crippen LogP contribution in [0.3, 0.4) is 0 Å². The smallest absolute Gasteiger partial charge is 0.313 e. The molecule has 2 rings (SSSR count). The van der Waals surface area contributed by atoms with Crippen LogP contribution in [-0.4, -0.2) is 17.2 Å². The summed E-state index contributed by atoms with van der Waals surface area (Å²) < 4.78 is 5.65. The van der Waals surface area contributed by atoms with Crippen molar-refractivity contribution in [3.63, 3.8) is 0 Å². The van der Waals surface area contributed by atoms with Crippen LogP contribution in [0.25, 0.3) is 0 Å². The van der Waals surface area contributed by atoms with Gasteiger partial charge in [-0.1, -0.05) is 12.1 Å². The molecule has 0 atom stereocenters. The molecule has 0 saturated heterocycles. The van der Waals surface area contributed by atoms with Crippen LogP contribution in [0.15, 0.2) is 24.3 Å². The maximum absolute atomic E-state index is 11.1. The van der Waals surface area contributed by atoms with Gasteiger partial charge in [0.1, 0.15) is 5.75 Å². The van der Waals surface area contributed by atoms with Gasteiger partial charge in [-0.25, -0.2) is 0 Å². The molecule has 0 spiro atoms. The van der Waals surface area contributed by atoms with E-state index in [1.54, 1.807) is 13.8 Å². The largest absolute Gasteiger partial charge is 0.490 e. The molecule has 1 aromatic carbocycles. The van der Waals surface area contributed by atoms with Gasteiger partial charge in [-0.3, -0.25) is 4.79 Å². The Labute approximate surface area is 95.0 Å². The third kappa shape index (κ3) is 2.18. The Bertz CT molecular complexity index is 405. The molecule has 1 aromatic rings. The van der Waals surface area contributed by atoms with Crippen molar-refractivity contribution in [1.82, 2.24) is 0 Å². The number of aliphatic carboxylic acids is 1. The molecule has 0 radical (unpaired) electrons. The maximum atomic E-state index is 11.1. The molecular weight excluding hydrogens is 204 g/mol. The van der Waals surface area contributed by atoms with Crippen molar-refractivity contribution in [2.75, 3.05) is 0 Å². The molecule has 1 N–H and O–H groups in total. The molecule has 1 aliphatic carbocycles. The van der Waals surface area contributed by atoms with Gasteiger partial charge in [-0.05, 0) is 44.4 Å². The normalized spacial score (nSPS) is 15.9. The van der Waals surface area contributed by atoms with Gasteiger partial charge in [0.05, 0.1) is 11.5 Å². The predicted octanol–water partition coefficient (Wildman–Crippen LogP) is 2.59. The fraction of sp³-hybridized carbons (Fsp3) is 0.462. The number of rotatable bonds is 4. The SMILES string of the molecule is CC(C)(C(=O)O)c1cccc(OC2CC2)c1. The van der Waals surface area contributed by atoms with E-state index in [0.29, 0.717) is 6.10 Å². The summed E-state index contributed by atoms with van der Waals surface area (Å²) in [6.45, 7) is 3.40. The van der Waals surface area contributed by atoms with Gasteiger partial charge in [-0.15, -0.1) is 0 Å². The number of ether oxygens (including phenoxy) is 1. The predicted molar refractivity (Wildman–Crippen MR) is 60.8 cm³/mol. The van der Waals surface area contributed by atoms with Gasteiger partial charge in [0, 0.05) is 0 Å². The molecule has 1 saturated carbocycles. The first-order valence-electron chi connectivity index (χ1n) is 5.51. The average Bonchev–Trinajstić information content (AvgIpc) is 3.02. The number of hydrogen-bond donors (Lipinski definition) is 1. The van der Waals surface area contributed by atoms with E-state index in [9.17, 15) is 4.79 Å². The molecule has 16 heavy (non-hydrogen) atoms. The zero-order chi connectivity index (χ0) is 11.8. The summed E-state index contributed by atoms with van der Waals surface area (Å²) in [5, 5.41) is 9.14. The van der Waals surface area contributed by atoms with Crippen molar-refractivity contribution >= 4 is 5.97 Å². The Morgan fingerprint density at radius 1 is 1.44 bits per heavy atom. The number of carbonyl (C=O) groups is 1. The number of carboxylic acids is 1. The molecule has 0 aliphatic heterocycles. The van der Waals surface area contributed by atoms with Crippen molar-refractivity contribution < 1.29 is 14.6 Å². The number of benzene rings is 1. The summed E-state index contributed by atoms with van der Waals surface area (Å²) in [5.74, 6) is -0.0506. The molecule has 0 amide bonds. The maximum Gasteiger partial charge on any atom is 0.313 e. The highest BCUT2D eigenvalue weighted by Crippen LogP contribution is 2.30. The van der Waals surface area contributed by atoms with E-state index in [-0.39, 0.29) is 0 Å². The fourth-order valence-electron chi connectivity index (χ4n) is 1.46. The Kier molecular flexibility index (Phi) is 2.62. The van der Waals surface area contributed by atoms with Crippen LogP contribution < -0.4 is 4.74 Å². The summed E-state index contributed by atoms with van der Waals surface area (Å²) in [4.78, 5) is 11.1. The number of carboxylic acid groups (broad SMARTS) is 1. The second-order valence-electron chi connectivity index (χ2n) is 4.78. The summed E-state index contributed by atoms with van der Waals surface area (Å²) in [6, 6.07) is 7.37. The Morgan fingerprint density at radius 2 is 2.12 bits per heavy atom. The van der Waals surface area contributed by atoms with Gasteiger partial charge < -0.3 is 9.84 Å². The van der Waals surface area contributed by atoms with Crippen LogP contribution >= 0.6 is 0 Å². The van der Waals surface area contributed by atoms with Crippen LogP contribution in [0.5, 0.6) is 5.75 Å². The van der Waals surface area contributed by atoms with Crippen molar-refractivity contribution in [3.8, 4) is 5.75 Å². The highest BCUT2D eigenvalue weighted by Gasteiger charge is 2.30. The molecule has 0 bridgehead atoms. The summed E-state index contributed by atoms with van der Waals surface area (Å²) >= 11 is 0. The number of hydrogen-bond acceptors (Lipinski definition) is 2. The molecule has 0 heterocycles. The zero-order valence-corrected chi connectivity index (χ0v) is 9.56. The van der Waals surface area contributed by atoms with Crippen molar-refractivity contribution in [1.29, 1.82) is 0 Å². The van der Waals surface area contributed by atoms with Gasteiger partial charge in [0.25, 0.3) is 0 Å². The van der Waals surface area contributed by atoms with Crippen LogP contribution in [0.1, 0.15) is 32.3 Å². The standard InChI is InChI=1S/C13H16O3/c1-13(2,12(14)15)9-4-3-5-11(8-9)16-10-6-7-10/h3-5,8,10H,6-7H2,1-2H3,(H,14,15). The molecular formula is C13H16O3. The van der Waals surface area contributed by atoms with Crippen LogP contribution in [0.2, 0.25) is 0 Å². The third-order valence-electron chi connectivity index (χ3n) is 2.92. The van der Waals surface area contributed by atoms with E-state index in [4.69, 9.17) is 9.84 Å². The minimum atomic E-state index is -0.872. The van der Waals surface area contributed by atoms with E-state index >= 15 is 0 Å². The monoisotopic (exact) mass is 220 g/mol. The lowest BCUT2D eigenvalue weighted by Gasteiger charge is -2.20. The second-order valence-corrected chi connectivity index (χ2v) is 4.78. The Morgan fingerprint density at radius 3 is 2.69 bits per heavy atom. The minimum absolute atomic E-state index is 0.336. The van der Waals surface area contributed by atoms with E-state index in [2.05, 4.69) is 0 Å². The van der Waals surface area contributed by atoms with E-state index in [0.717, 1.165) is 24.2 Å². The lowest BCUT2D eigenvalue weighted by atomic mass is 9.85. The molecule has 3 nitrogen and oxygen atoms in total. The highest BCUT2D eigenvalue weighted by molar-refractivity contribution is 5.80. The molecule has 1 aliphatic rings. The molecule has 86 valence electrons. The second kappa shape index (κ2) is 3.81. The van der Waals surface area contributed by atoms with Gasteiger partial charge >= 0.3 is 5.97 Å². The summed E-state index contributed by atoms with van der Waals surface area (Å²) in [7, 11) is 0. The quantitative estimate of drug-likeness (QED) is 0.848. The van der Waals surface area contributed by atoms with Gasteiger partial charge in [0.15, 0.2) is 0 Å². The lowest BCUT2D eigenvalue weighted by molar-refractivity contribution is -0.142. The summed E-state index contributed by atoms with van der Waals surface area (Å²) in [6.07, 6.45) is 2.54. The molecule has 1 fully saturated rings. The van der Waals surface area contributed by atoms with Crippen molar-refractivity contribution in [2.45, 2.75) is 38.2 Å². The van der Waals surface area contributed by atoms with Crippen molar-refractivity contribution in [3.05, 3.63) is 29.8 Å². The zero-order valence-electron chi connectivity index (χ0n) is 9.56. The summed E-state index contributed by atoms with van der Waals surface area (Å²) in [5.41, 5.74) is -0.0960. The van der Waals surface area contributed by atoms with Crippen LogP contribution in [0.4, 0.5) is 0 Å². The van der Waals surface area contributed by atoms with E-state index < -0.39 is 11.4 Å². The Hall–Kier alpha value is -1.51. The first-order chi connectivity index (χ1) is 7.50. The highest BCUT2D eigenvalue weighted by atomic mass is 16.5. The molecule has 0 aromatic heterocycles. The fourth-order valence-corrected chi connectivity index (χ4v) is 1.46. The van der Waals surface area contributed by atoms with Gasteiger partial charge in [0.2, 0.25) is 0 Å². The Balaban J connectivity index is 2.23. The van der Waals surface area contributed by atoms with E-state index in [1.165, 1.54) is 0 Å². The average molecular weight is 220 g/mol.